The molecule has 10 heteroatoms. The lowest BCUT2D eigenvalue weighted by Gasteiger charge is -2.39. The van der Waals surface area contributed by atoms with E-state index in [2.05, 4.69) is 10.2 Å². The van der Waals surface area contributed by atoms with E-state index in [9.17, 15) is 14.9 Å². The number of ether oxygens (including phenoxy) is 2. The van der Waals surface area contributed by atoms with Crippen molar-refractivity contribution in [2.24, 2.45) is 0 Å². The number of hydrogen-bond donors (Lipinski definition) is 1. The van der Waals surface area contributed by atoms with E-state index in [1.165, 1.54) is 19.2 Å². The van der Waals surface area contributed by atoms with Crippen LogP contribution in [0.4, 0.5) is 11.5 Å². The second kappa shape index (κ2) is 10.7. The number of hydrogen-bond acceptors (Lipinski definition) is 9. The fourth-order valence-electron chi connectivity index (χ4n) is 6.04. The Balaban J connectivity index is 1.32. The van der Waals surface area contributed by atoms with E-state index in [4.69, 9.17) is 19.4 Å². The molecule has 202 valence electrons. The van der Waals surface area contributed by atoms with E-state index in [1.807, 2.05) is 12.1 Å². The molecule has 2 aromatic carbocycles. The van der Waals surface area contributed by atoms with E-state index in [1.54, 1.807) is 18.2 Å². The quantitative estimate of drug-likeness (QED) is 0.219. The minimum Gasteiger partial charge on any atom is -0.465 e. The Morgan fingerprint density at radius 1 is 1.10 bits per heavy atom. The fraction of sp³-hybridized carbons (Fsp3) is 0.414. The average Bonchev–Trinajstić information content (AvgIpc) is 3.35. The smallest absolute Gasteiger partial charge is 0.337 e. The van der Waals surface area contributed by atoms with E-state index in [0.29, 0.717) is 29.4 Å². The van der Waals surface area contributed by atoms with Crippen LogP contribution in [0.1, 0.15) is 47.3 Å². The number of morpholine rings is 1. The van der Waals surface area contributed by atoms with Gasteiger partial charge in [0, 0.05) is 54.9 Å². The Labute approximate surface area is 226 Å². The van der Waals surface area contributed by atoms with Crippen molar-refractivity contribution in [1.82, 2.24) is 14.9 Å². The first kappa shape index (κ1) is 25.4. The largest absolute Gasteiger partial charge is 0.465 e. The van der Waals surface area contributed by atoms with Crippen LogP contribution in [0.2, 0.25) is 0 Å². The van der Waals surface area contributed by atoms with Crippen molar-refractivity contribution >= 4 is 17.5 Å². The molecular formula is C29H31N5O5. The molecule has 3 aliphatic rings. The first-order chi connectivity index (χ1) is 19.0. The molecule has 1 saturated carbocycles. The van der Waals surface area contributed by atoms with Gasteiger partial charge in [-0.05, 0) is 48.9 Å². The third kappa shape index (κ3) is 5.09. The Morgan fingerprint density at radius 3 is 2.64 bits per heavy atom. The third-order valence-corrected chi connectivity index (χ3v) is 8.05. The molecule has 0 bridgehead atoms. The number of esters is 1. The summed E-state index contributed by atoms with van der Waals surface area (Å²) in [6, 6.07) is 12.8. The summed E-state index contributed by atoms with van der Waals surface area (Å²) in [5.74, 6) is 0.802. The number of non-ortho nitro benzene ring substituents is 1. The van der Waals surface area contributed by atoms with Gasteiger partial charge in [-0.3, -0.25) is 15.0 Å². The summed E-state index contributed by atoms with van der Waals surface area (Å²) >= 11 is 0. The second-order valence-electron chi connectivity index (χ2n) is 10.4. The predicted octanol–water partition coefficient (Wildman–Crippen LogP) is 4.46. The van der Waals surface area contributed by atoms with Crippen LogP contribution in [-0.4, -0.2) is 71.3 Å². The number of carbonyl (C=O) groups excluding carboxylic acids is 1. The maximum atomic E-state index is 12.2. The van der Waals surface area contributed by atoms with Crippen molar-refractivity contribution in [2.75, 3.05) is 38.7 Å². The van der Waals surface area contributed by atoms with Gasteiger partial charge in [-0.2, -0.15) is 0 Å². The monoisotopic (exact) mass is 529 g/mol. The molecule has 39 heavy (non-hydrogen) atoms. The number of carbonyl (C=O) groups is 1. The molecule has 0 radical (unpaired) electrons. The molecule has 1 aliphatic heterocycles. The summed E-state index contributed by atoms with van der Waals surface area (Å²) < 4.78 is 10.4. The van der Waals surface area contributed by atoms with Crippen LogP contribution in [0.5, 0.6) is 0 Å². The van der Waals surface area contributed by atoms with Crippen LogP contribution in [-0.2, 0) is 15.9 Å². The summed E-state index contributed by atoms with van der Waals surface area (Å²) in [7, 11) is 1.37. The van der Waals surface area contributed by atoms with Gasteiger partial charge < -0.3 is 14.8 Å². The van der Waals surface area contributed by atoms with Gasteiger partial charge in [0.05, 0.1) is 36.5 Å². The maximum Gasteiger partial charge on any atom is 0.337 e. The molecule has 1 N–H and O–H groups in total. The Bertz CT molecular complexity index is 1410. The standard InChI is InChI=1S/C29H31N5O5/c1-38-29(35)19-5-10-24-20(15-19)17-25-26(24)28(32-27(31-25)18-3-2-4-23(16-18)34(36)37)30-21-6-8-22(9-7-21)33-11-13-39-14-12-33/h2-5,10,15-16,21-22H,6-9,11-14,17H2,1H3,(H,30,31,32). The van der Waals surface area contributed by atoms with Crippen molar-refractivity contribution in [3.63, 3.8) is 0 Å². The zero-order valence-electron chi connectivity index (χ0n) is 21.9. The number of methoxy groups -OCH3 is 1. The lowest BCUT2D eigenvalue weighted by molar-refractivity contribution is -0.384. The van der Waals surface area contributed by atoms with Crippen molar-refractivity contribution in [2.45, 2.75) is 44.2 Å². The summed E-state index contributed by atoms with van der Waals surface area (Å²) in [5, 5.41) is 15.1. The lowest BCUT2D eigenvalue weighted by Crippen LogP contribution is -2.46. The van der Waals surface area contributed by atoms with E-state index >= 15 is 0 Å². The normalized spacial score (nSPS) is 20.6. The number of benzene rings is 2. The van der Waals surface area contributed by atoms with E-state index < -0.39 is 4.92 Å². The number of aromatic nitrogens is 2. The van der Waals surface area contributed by atoms with Crippen LogP contribution >= 0.6 is 0 Å². The Hall–Kier alpha value is -3.89. The molecule has 0 unspecified atom stereocenters. The van der Waals surface area contributed by atoms with Crippen LogP contribution in [0.25, 0.3) is 22.5 Å². The fourth-order valence-corrected chi connectivity index (χ4v) is 6.04. The number of nitro benzene ring substituents is 1. The Kier molecular flexibility index (Phi) is 6.97. The highest BCUT2D eigenvalue weighted by Gasteiger charge is 2.31. The molecular weight excluding hydrogens is 498 g/mol. The van der Waals surface area contributed by atoms with Gasteiger partial charge in [0.1, 0.15) is 5.82 Å². The molecule has 0 spiro atoms. The van der Waals surface area contributed by atoms with E-state index in [-0.39, 0.29) is 17.7 Å². The molecule has 6 rings (SSSR count). The highest BCUT2D eigenvalue weighted by atomic mass is 16.6. The van der Waals surface area contributed by atoms with Crippen LogP contribution in [0.3, 0.4) is 0 Å². The molecule has 2 fully saturated rings. The molecule has 1 aromatic heterocycles. The molecule has 2 heterocycles. The average molecular weight is 530 g/mol. The molecule has 10 nitrogen and oxygen atoms in total. The molecule has 0 atom stereocenters. The van der Waals surface area contributed by atoms with Gasteiger partial charge >= 0.3 is 5.97 Å². The number of anilines is 1. The first-order valence-corrected chi connectivity index (χ1v) is 13.5. The summed E-state index contributed by atoms with van der Waals surface area (Å²) in [5.41, 5.74) is 4.84. The second-order valence-corrected chi connectivity index (χ2v) is 10.4. The highest BCUT2D eigenvalue weighted by Crippen LogP contribution is 2.42. The van der Waals surface area contributed by atoms with Gasteiger partial charge in [-0.25, -0.2) is 14.8 Å². The van der Waals surface area contributed by atoms with Crippen molar-refractivity contribution in [3.05, 3.63) is 69.4 Å². The summed E-state index contributed by atoms with van der Waals surface area (Å²) in [6.45, 7) is 3.61. The van der Waals surface area contributed by atoms with Crippen molar-refractivity contribution in [1.29, 1.82) is 0 Å². The summed E-state index contributed by atoms with van der Waals surface area (Å²) in [6.07, 6.45) is 4.82. The van der Waals surface area contributed by atoms with Gasteiger partial charge in [0.2, 0.25) is 0 Å². The van der Waals surface area contributed by atoms with Crippen LogP contribution in [0, 0.1) is 10.1 Å². The number of rotatable bonds is 6. The Morgan fingerprint density at radius 2 is 1.90 bits per heavy atom. The zero-order chi connectivity index (χ0) is 26.9. The van der Waals surface area contributed by atoms with Crippen LogP contribution in [0.15, 0.2) is 42.5 Å². The SMILES string of the molecule is COC(=O)c1ccc2c(c1)Cc1nc(-c3cccc([N+](=O)[O-])c3)nc(NC3CCC(N4CCOCC4)CC3)c1-2. The van der Waals surface area contributed by atoms with Crippen LogP contribution < -0.4 is 5.32 Å². The van der Waals surface area contributed by atoms with Gasteiger partial charge in [0.15, 0.2) is 5.82 Å². The number of nitrogens with one attached hydrogen (secondary N) is 1. The van der Waals surface area contributed by atoms with Crippen molar-refractivity contribution in [3.8, 4) is 22.5 Å². The molecule has 1 saturated heterocycles. The number of nitrogens with zero attached hydrogens (tertiary/aromatic N) is 4. The van der Waals surface area contributed by atoms with Gasteiger partial charge in [0.25, 0.3) is 5.69 Å². The number of nitro groups is 1. The van der Waals surface area contributed by atoms with Gasteiger partial charge in [-0.15, -0.1) is 0 Å². The zero-order valence-corrected chi connectivity index (χ0v) is 21.9. The molecule has 3 aromatic rings. The van der Waals surface area contributed by atoms with E-state index in [0.717, 1.165) is 80.2 Å². The first-order valence-electron chi connectivity index (χ1n) is 13.5. The maximum absolute atomic E-state index is 12.2. The highest BCUT2D eigenvalue weighted by molar-refractivity contribution is 5.93. The minimum absolute atomic E-state index is 0.00134. The number of fused-ring (bicyclic) bond motifs is 3. The minimum atomic E-state index is -0.410. The summed E-state index contributed by atoms with van der Waals surface area (Å²) in [4.78, 5) is 35.5. The molecule has 2 aliphatic carbocycles. The van der Waals surface area contributed by atoms with Crippen molar-refractivity contribution < 1.29 is 19.2 Å². The van der Waals surface area contributed by atoms with Gasteiger partial charge in [-0.1, -0.05) is 18.2 Å². The topological polar surface area (TPSA) is 120 Å². The predicted molar refractivity (Wildman–Crippen MR) is 146 cm³/mol. The molecule has 0 amide bonds. The third-order valence-electron chi connectivity index (χ3n) is 8.05. The lowest BCUT2D eigenvalue weighted by atomic mass is 9.89.